The number of hydrogen-bond donors (Lipinski definition) is 3. The Morgan fingerprint density at radius 3 is 2.63 bits per heavy atom. The first-order valence-corrected chi connectivity index (χ1v) is 8.05. The van der Waals surface area contributed by atoms with E-state index in [-0.39, 0.29) is 18.1 Å². The van der Waals surface area contributed by atoms with Crippen molar-refractivity contribution in [3.63, 3.8) is 0 Å². The van der Waals surface area contributed by atoms with Crippen LogP contribution in [-0.2, 0) is 16.0 Å². The molecule has 10 heteroatoms. The van der Waals surface area contributed by atoms with Gasteiger partial charge in [0.1, 0.15) is 17.6 Å². The minimum absolute atomic E-state index is 0.117. The van der Waals surface area contributed by atoms with Crippen molar-refractivity contribution < 1.29 is 14.4 Å². The van der Waals surface area contributed by atoms with Gasteiger partial charge >= 0.3 is 0 Å². The van der Waals surface area contributed by atoms with Crippen molar-refractivity contribution in [1.82, 2.24) is 29.8 Å². The third kappa shape index (κ3) is 3.89. The zero-order valence-corrected chi connectivity index (χ0v) is 14.4. The summed E-state index contributed by atoms with van der Waals surface area (Å²) in [6.45, 7) is 1.69. The topological polar surface area (TPSA) is 149 Å². The molecule has 0 aliphatic rings. The van der Waals surface area contributed by atoms with Gasteiger partial charge in [0.15, 0.2) is 0 Å². The van der Waals surface area contributed by atoms with Gasteiger partial charge in [-0.15, -0.1) is 0 Å². The number of nitrogens with one attached hydrogen (secondary N) is 2. The summed E-state index contributed by atoms with van der Waals surface area (Å²) in [7, 11) is 0. The number of carbonyl (C=O) groups excluding carboxylic acids is 3. The highest BCUT2D eigenvalue weighted by Crippen LogP contribution is 2.11. The van der Waals surface area contributed by atoms with Crippen LogP contribution < -0.4 is 11.1 Å². The Bertz CT molecular complexity index is 964. The maximum absolute atomic E-state index is 12.8. The molecule has 1 atom stereocenters. The summed E-state index contributed by atoms with van der Waals surface area (Å²) in [6, 6.07) is 2.28. The fraction of sp³-hybridized carbons (Fsp3) is 0.176. The van der Waals surface area contributed by atoms with Crippen molar-refractivity contribution in [1.29, 1.82) is 0 Å². The SMILES string of the molecule is Cc1ncc(C(=O)NC(Cc2cc[nH]c2)C(=O)C(N)=O)n1-c1ncccn1. The molecule has 0 saturated heterocycles. The monoisotopic (exact) mass is 367 g/mol. The Kier molecular flexibility index (Phi) is 5.06. The Hall–Kier alpha value is -3.82. The van der Waals surface area contributed by atoms with E-state index in [4.69, 9.17) is 5.73 Å². The number of carbonyl (C=O) groups is 3. The summed E-state index contributed by atoms with van der Waals surface area (Å²) in [5.74, 6) is -1.84. The average molecular weight is 367 g/mol. The van der Waals surface area contributed by atoms with Crippen LogP contribution in [-0.4, -0.2) is 48.1 Å². The van der Waals surface area contributed by atoms with E-state index in [0.29, 0.717) is 5.82 Å². The van der Waals surface area contributed by atoms with Crippen LogP contribution in [0.1, 0.15) is 21.9 Å². The molecule has 1 unspecified atom stereocenters. The number of imidazole rings is 1. The van der Waals surface area contributed by atoms with Gasteiger partial charge in [-0.25, -0.2) is 15.0 Å². The van der Waals surface area contributed by atoms with Gasteiger partial charge in [-0.1, -0.05) is 0 Å². The second kappa shape index (κ2) is 7.60. The maximum Gasteiger partial charge on any atom is 0.287 e. The van der Waals surface area contributed by atoms with Crippen molar-refractivity contribution in [2.75, 3.05) is 0 Å². The van der Waals surface area contributed by atoms with Crippen molar-refractivity contribution in [2.45, 2.75) is 19.4 Å². The summed E-state index contributed by atoms with van der Waals surface area (Å²) in [5.41, 5.74) is 6.00. The van der Waals surface area contributed by atoms with Gasteiger partial charge in [-0.3, -0.25) is 19.0 Å². The first-order valence-electron chi connectivity index (χ1n) is 8.05. The number of H-pyrrole nitrogens is 1. The van der Waals surface area contributed by atoms with E-state index in [1.807, 2.05) is 0 Å². The van der Waals surface area contributed by atoms with Crippen LogP contribution in [0.15, 0.2) is 43.1 Å². The number of primary amides is 1. The number of nitrogens with two attached hydrogens (primary N) is 1. The Balaban J connectivity index is 1.88. The van der Waals surface area contributed by atoms with Gasteiger partial charge in [-0.2, -0.15) is 0 Å². The lowest BCUT2D eigenvalue weighted by Crippen LogP contribution is -2.47. The van der Waals surface area contributed by atoms with Crippen molar-refractivity contribution in [3.8, 4) is 5.95 Å². The van der Waals surface area contributed by atoms with Crippen LogP contribution >= 0.6 is 0 Å². The van der Waals surface area contributed by atoms with Gasteiger partial charge in [-0.05, 0) is 24.6 Å². The normalized spacial score (nSPS) is 11.7. The lowest BCUT2D eigenvalue weighted by molar-refractivity contribution is -0.137. The smallest absolute Gasteiger partial charge is 0.287 e. The zero-order valence-electron chi connectivity index (χ0n) is 14.4. The fourth-order valence-electron chi connectivity index (χ4n) is 2.60. The van der Waals surface area contributed by atoms with Gasteiger partial charge in [0.05, 0.1) is 6.20 Å². The number of amides is 2. The molecule has 27 heavy (non-hydrogen) atoms. The highest BCUT2D eigenvalue weighted by atomic mass is 16.2. The number of hydrogen-bond acceptors (Lipinski definition) is 6. The summed E-state index contributed by atoms with van der Waals surface area (Å²) < 4.78 is 1.46. The molecule has 0 saturated carbocycles. The number of aryl methyl sites for hydroxylation is 1. The van der Waals surface area contributed by atoms with E-state index in [2.05, 4.69) is 25.3 Å². The van der Waals surface area contributed by atoms with Gasteiger partial charge in [0.25, 0.3) is 11.8 Å². The van der Waals surface area contributed by atoms with Crippen LogP contribution in [0.5, 0.6) is 0 Å². The summed E-state index contributed by atoms with van der Waals surface area (Å²) in [4.78, 5) is 51.5. The second-order valence-electron chi connectivity index (χ2n) is 5.75. The van der Waals surface area contributed by atoms with Gasteiger partial charge in [0.2, 0.25) is 11.7 Å². The Labute approximate surface area is 153 Å². The number of aromatic amines is 1. The third-order valence-electron chi connectivity index (χ3n) is 3.89. The number of nitrogens with zero attached hydrogens (tertiary/aromatic N) is 4. The molecule has 0 spiro atoms. The van der Waals surface area contributed by atoms with E-state index >= 15 is 0 Å². The molecule has 0 aromatic carbocycles. The van der Waals surface area contributed by atoms with Crippen LogP contribution in [0.3, 0.4) is 0 Å². The second-order valence-corrected chi connectivity index (χ2v) is 5.75. The molecule has 0 aliphatic heterocycles. The predicted octanol–water partition coefficient (Wildman–Crippen LogP) is -0.306. The molecule has 3 aromatic rings. The van der Waals surface area contributed by atoms with E-state index < -0.39 is 23.6 Å². The molecular formula is C17H17N7O3. The van der Waals surface area contributed by atoms with E-state index in [9.17, 15) is 14.4 Å². The third-order valence-corrected chi connectivity index (χ3v) is 3.89. The average Bonchev–Trinajstić information content (AvgIpc) is 3.30. The highest BCUT2D eigenvalue weighted by Gasteiger charge is 2.28. The summed E-state index contributed by atoms with van der Waals surface area (Å²) in [6.07, 6.45) is 7.88. The van der Waals surface area contributed by atoms with Crippen LogP contribution in [0.25, 0.3) is 5.95 Å². The Morgan fingerprint density at radius 1 is 1.26 bits per heavy atom. The largest absolute Gasteiger partial charge is 0.367 e. The molecule has 0 bridgehead atoms. The standard InChI is InChI=1S/C17H17N7O3/c1-10-22-9-13(24(10)17-20-4-2-5-21-17)16(27)23-12(14(25)15(18)26)7-11-3-6-19-8-11/h2-6,8-9,12,19H,7H2,1H3,(H2,18,26)(H,23,27). The number of ketones is 1. The first-order chi connectivity index (χ1) is 13.0. The first kappa shape index (κ1) is 18.0. The van der Waals surface area contributed by atoms with E-state index in [1.54, 1.807) is 31.5 Å². The van der Waals surface area contributed by atoms with Crippen molar-refractivity contribution in [2.24, 2.45) is 5.73 Å². The number of Topliss-reactive ketones (excluding diaryl/α,β-unsaturated/α-hetero) is 1. The lowest BCUT2D eigenvalue weighted by atomic mass is 10.0. The quantitative estimate of drug-likeness (QED) is 0.488. The van der Waals surface area contributed by atoms with Crippen molar-refractivity contribution >= 4 is 17.6 Å². The van der Waals surface area contributed by atoms with Crippen LogP contribution in [0.2, 0.25) is 0 Å². The van der Waals surface area contributed by atoms with Gasteiger partial charge < -0.3 is 16.0 Å². The van der Waals surface area contributed by atoms with Crippen molar-refractivity contribution in [3.05, 3.63) is 60.2 Å². The molecule has 0 fully saturated rings. The molecule has 0 aliphatic carbocycles. The maximum atomic E-state index is 12.8. The number of aromatic nitrogens is 5. The molecule has 3 aromatic heterocycles. The molecule has 10 nitrogen and oxygen atoms in total. The minimum Gasteiger partial charge on any atom is -0.367 e. The number of rotatable bonds is 7. The summed E-state index contributed by atoms with van der Waals surface area (Å²) >= 11 is 0. The predicted molar refractivity (Wildman–Crippen MR) is 93.8 cm³/mol. The molecule has 4 N–H and O–H groups in total. The van der Waals surface area contributed by atoms with Gasteiger partial charge in [0, 0.05) is 31.2 Å². The molecule has 3 rings (SSSR count). The molecular weight excluding hydrogens is 350 g/mol. The summed E-state index contributed by atoms with van der Waals surface area (Å²) in [5, 5.41) is 2.56. The molecule has 0 radical (unpaired) electrons. The van der Waals surface area contributed by atoms with E-state index in [1.165, 1.54) is 23.2 Å². The highest BCUT2D eigenvalue weighted by molar-refractivity contribution is 6.38. The lowest BCUT2D eigenvalue weighted by Gasteiger charge is -2.16. The van der Waals surface area contributed by atoms with E-state index in [0.717, 1.165) is 5.56 Å². The van der Waals surface area contributed by atoms with Crippen LogP contribution in [0.4, 0.5) is 0 Å². The fourth-order valence-corrected chi connectivity index (χ4v) is 2.60. The zero-order chi connectivity index (χ0) is 19.4. The minimum atomic E-state index is -1.12. The molecule has 3 heterocycles. The van der Waals surface area contributed by atoms with Crippen LogP contribution in [0, 0.1) is 6.92 Å². The molecule has 138 valence electrons. The molecule has 2 amide bonds. The Morgan fingerprint density at radius 2 is 2.00 bits per heavy atom.